The van der Waals surface area contributed by atoms with Crippen LogP contribution in [0.3, 0.4) is 0 Å². The summed E-state index contributed by atoms with van der Waals surface area (Å²) in [5, 5.41) is 19.2. The molecule has 0 bridgehead atoms. The van der Waals surface area contributed by atoms with Gasteiger partial charge in [0, 0.05) is 17.8 Å². The Labute approximate surface area is 145 Å². The predicted molar refractivity (Wildman–Crippen MR) is 90.0 cm³/mol. The van der Waals surface area contributed by atoms with E-state index in [4.69, 9.17) is 10.2 Å². The smallest absolute Gasteiger partial charge is 0.273 e. The van der Waals surface area contributed by atoms with E-state index in [1.165, 1.54) is 23.1 Å². The van der Waals surface area contributed by atoms with Crippen LogP contribution in [0, 0.1) is 17.0 Å². The van der Waals surface area contributed by atoms with Crippen LogP contribution in [-0.2, 0) is 6.54 Å². The van der Waals surface area contributed by atoms with Crippen LogP contribution in [0.25, 0.3) is 22.6 Å². The van der Waals surface area contributed by atoms with E-state index >= 15 is 0 Å². The second-order valence-electron chi connectivity index (χ2n) is 5.54. The Morgan fingerprint density at radius 1 is 1.31 bits per heavy atom. The van der Waals surface area contributed by atoms with Crippen molar-refractivity contribution in [2.24, 2.45) is 0 Å². The van der Waals surface area contributed by atoms with Crippen LogP contribution >= 0.6 is 0 Å². The summed E-state index contributed by atoms with van der Waals surface area (Å²) in [4.78, 5) is 23.2. The lowest BCUT2D eigenvalue weighted by Gasteiger charge is -2.04. The molecule has 0 aliphatic heterocycles. The van der Waals surface area contributed by atoms with E-state index in [0.717, 1.165) is 0 Å². The minimum atomic E-state index is -0.465. The molecule has 0 saturated heterocycles. The maximum Gasteiger partial charge on any atom is 0.273 e. The van der Waals surface area contributed by atoms with Gasteiger partial charge in [0.05, 0.1) is 23.4 Å². The fourth-order valence-electron chi connectivity index (χ4n) is 2.62. The zero-order valence-corrected chi connectivity index (χ0v) is 13.5. The molecule has 0 aliphatic carbocycles. The van der Waals surface area contributed by atoms with Crippen molar-refractivity contribution >= 4 is 22.8 Å². The van der Waals surface area contributed by atoms with E-state index in [1.807, 2.05) is 0 Å². The molecule has 4 aromatic rings. The molecule has 0 amide bonds. The van der Waals surface area contributed by atoms with E-state index < -0.39 is 4.92 Å². The minimum Gasteiger partial charge on any atom is -0.463 e. The van der Waals surface area contributed by atoms with Gasteiger partial charge in [0.25, 0.3) is 5.69 Å². The third kappa shape index (κ3) is 2.70. The highest BCUT2D eigenvalue weighted by Gasteiger charge is 2.18. The fourth-order valence-corrected chi connectivity index (χ4v) is 2.62. The molecule has 0 spiro atoms. The van der Waals surface area contributed by atoms with Gasteiger partial charge in [0.15, 0.2) is 16.9 Å². The first-order valence-corrected chi connectivity index (χ1v) is 7.54. The van der Waals surface area contributed by atoms with Gasteiger partial charge in [-0.1, -0.05) is 5.21 Å². The van der Waals surface area contributed by atoms with Gasteiger partial charge in [-0.3, -0.25) is 15.1 Å². The number of nitrogens with two attached hydrogens (primary N) is 1. The first-order valence-electron chi connectivity index (χ1n) is 7.54. The van der Waals surface area contributed by atoms with E-state index in [1.54, 1.807) is 19.1 Å². The number of hydrogen-bond acceptors (Lipinski definition) is 9. The van der Waals surface area contributed by atoms with Crippen LogP contribution in [0.5, 0.6) is 0 Å². The molecular weight excluding hydrogens is 340 g/mol. The average Bonchev–Trinajstić information content (AvgIpc) is 3.24. The van der Waals surface area contributed by atoms with Crippen molar-refractivity contribution in [3.63, 3.8) is 0 Å². The maximum absolute atomic E-state index is 11.0. The summed E-state index contributed by atoms with van der Waals surface area (Å²) < 4.78 is 6.82. The van der Waals surface area contributed by atoms with Crippen molar-refractivity contribution in [2.75, 3.05) is 5.73 Å². The third-order valence-corrected chi connectivity index (χ3v) is 3.65. The molecule has 26 heavy (non-hydrogen) atoms. The molecule has 0 aliphatic rings. The van der Waals surface area contributed by atoms with Gasteiger partial charge in [0.2, 0.25) is 5.95 Å². The fraction of sp³-hybridized carbons (Fsp3) is 0.133. The number of nitrogens with zero attached hydrogens (tertiary/aromatic N) is 7. The molecule has 4 aromatic heterocycles. The van der Waals surface area contributed by atoms with Crippen LogP contribution in [0.4, 0.5) is 11.6 Å². The number of fused-ring (bicyclic) bond motifs is 1. The van der Waals surface area contributed by atoms with Gasteiger partial charge >= 0.3 is 0 Å². The quantitative estimate of drug-likeness (QED) is 0.427. The number of pyridine rings is 1. The van der Waals surface area contributed by atoms with E-state index in [9.17, 15) is 10.1 Å². The number of nitro groups is 1. The zero-order valence-electron chi connectivity index (χ0n) is 13.5. The van der Waals surface area contributed by atoms with Crippen LogP contribution in [0.1, 0.15) is 11.4 Å². The molecule has 0 saturated carbocycles. The van der Waals surface area contributed by atoms with E-state index in [2.05, 4.69) is 25.3 Å². The van der Waals surface area contributed by atoms with E-state index in [-0.39, 0.29) is 18.2 Å². The average molecular weight is 352 g/mol. The second kappa shape index (κ2) is 5.88. The molecule has 11 heteroatoms. The molecule has 4 rings (SSSR count). The number of anilines is 1. The molecular formula is C15H12N8O3. The van der Waals surface area contributed by atoms with Crippen LogP contribution in [0.15, 0.2) is 34.9 Å². The molecule has 0 unspecified atom stereocenters. The second-order valence-corrected chi connectivity index (χ2v) is 5.54. The molecule has 0 atom stereocenters. The summed E-state index contributed by atoms with van der Waals surface area (Å²) in [6, 6.07) is 6.24. The Bertz CT molecular complexity index is 1120. The Morgan fingerprint density at radius 3 is 2.88 bits per heavy atom. The molecule has 0 fully saturated rings. The third-order valence-electron chi connectivity index (χ3n) is 3.65. The lowest BCUT2D eigenvalue weighted by atomic mass is 10.2. The highest BCUT2D eigenvalue weighted by Crippen LogP contribution is 2.25. The van der Waals surface area contributed by atoms with Gasteiger partial charge in [-0.2, -0.15) is 4.98 Å². The normalized spacial score (nSPS) is 11.1. The molecule has 0 aromatic carbocycles. The number of rotatable bonds is 4. The van der Waals surface area contributed by atoms with E-state index in [0.29, 0.717) is 34.0 Å². The van der Waals surface area contributed by atoms with Crippen LogP contribution in [-0.4, -0.2) is 34.9 Å². The lowest BCUT2D eigenvalue weighted by molar-refractivity contribution is -0.385. The Kier molecular flexibility index (Phi) is 3.53. The summed E-state index contributed by atoms with van der Waals surface area (Å²) in [5.41, 5.74) is 7.97. The minimum absolute atomic E-state index is 0.0376. The summed E-state index contributed by atoms with van der Waals surface area (Å²) in [6.45, 7) is 1.83. The van der Waals surface area contributed by atoms with Crippen molar-refractivity contribution in [1.29, 1.82) is 0 Å². The van der Waals surface area contributed by atoms with Crippen molar-refractivity contribution in [2.45, 2.75) is 13.5 Å². The van der Waals surface area contributed by atoms with Gasteiger partial charge in [0.1, 0.15) is 5.69 Å². The Morgan fingerprint density at radius 2 is 2.15 bits per heavy atom. The number of furan rings is 1. The SMILES string of the molecule is Cc1cc([N+](=O)[O-])cc(Cn2nnc3c(-c4ccco4)nc(N)nc32)n1. The lowest BCUT2D eigenvalue weighted by Crippen LogP contribution is -2.07. The maximum atomic E-state index is 11.0. The van der Waals surface area contributed by atoms with Crippen molar-refractivity contribution in [3.05, 3.63) is 52.0 Å². The summed E-state index contributed by atoms with van der Waals surface area (Å²) >= 11 is 0. The van der Waals surface area contributed by atoms with Gasteiger partial charge in [-0.25, -0.2) is 9.67 Å². The van der Waals surface area contributed by atoms with Gasteiger partial charge < -0.3 is 10.2 Å². The van der Waals surface area contributed by atoms with Gasteiger partial charge in [-0.05, 0) is 19.1 Å². The number of aromatic nitrogens is 6. The molecule has 0 radical (unpaired) electrons. The van der Waals surface area contributed by atoms with Crippen molar-refractivity contribution < 1.29 is 9.34 Å². The molecule has 130 valence electrons. The highest BCUT2D eigenvalue weighted by molar-refractivity contribution is 5.85. The largest absolute Gasteiger partial charge is 0.463 e. The standard InChI is InChI=1S/C15H12N8O3/c1-8-5-10(23(24)25)6-9(17-8)7-22-14-13(20-21-22)12(18-15(16)19-14)11-3-2-4-26-11/h2-6H,7H2,1H3,(H2,16,18,19). The predicted octanol–water partition coefficient (Wildman–Crippen LogP) is 1.72. The molecule has 2 N–H and O–H groups in total. The summed E-state index contributed by atoms with van der Waals surface area (Å²) in [5.74, 6) is 0.524. The van der Waals surface area contributed by atoms with Gasteiger partial charge in [-0.15, -0.1) is 5.10 Å². The summed E-state index contributed by atoms with van der Waals surface area (Å²) in [7, 11) is 0. The van der Waals surface area contributed by atoms with Crippen molar-refractivity contribution in [1.82, 2.24) is 29.9 Å². The number of aryl methyl sites for hydroxylation is 1. The summed E-state index contributed by atoms with van der Waals surface area (Å²) in [6.07, 6.45) is 1.51. The first-order chi connectivity index (χ1) is 12.5. The Hall–Kier alpha value is -3.89. The highest BCUT2D eigenvalue weighted by atomic mass is 16.6. The van der Waals surface area contributed by atoms with Crippen LogP contribution in [0.2, 0.25) is 0 Å². The first kappa shape index (κ1) is 15.6. The number of nitrogen functional groups attached to an aromatic ring is 1. The number of hydrogen-bond donors (Lipinski definition) is 1. The Balaban J connectivity index is 1.80. The zero-order chi connectivity index (χ0) is 18.3. The van der Waals surface area contributed by atoms with Crippen molar-refractivity contribution in [3.8, 4) is 11.5 Å². The van der Waals surface area contributed by atoms with Crippen LogP contribution < -0.4 is 5.73 Å². The molecule has 4 heterocycles. The monoisotopic (exact) mass is 352 g/mol. The molecule has 11 nitrogen and oxygen atoms in total. The topological polar surface area (TPSA) is 152 Å².